The Morgan fingerprint density at radius 3 is 2.71 bits per heavy atom. The van der Waals surface area contributed by atoms with E-state index in [1.54, 1.807) is 31.4 Å². The van der Waals surface area contributed by atoms with Gasteiger partial charge < -0.3 is 10.1 Å². The highest BCUT2D eigenvalue weighted by Crippen LogP contribution is 2.32. The lowest BCUT2D eigenvalue weighted by Gasteiger charge is -2.14. The van der Waals surface area contributed by atoms with Crippen LogP contribution in [0.1, 0.15) is 17.5 Å². The number of carbonyl (C=O) groups is 2. The molecule has 1 N–H and O–H groups in total. The van der Waals surface area contributed by atoms with E-state index in [4.69, 9.17) is 17.0 Å². The van der Waals surface area contributed by atoms with Crippen LogP contribution in [-0.4, -0.2) is 34.7 Å². The van der Waals surface area contributed by atoms with Gasteiger partial charge >= 0.3 is 0 Å². The van der Waals surface area contributed by atoms with Gasteiger partial charge in [0.15, 0.2) is 0 Å². The topological polar surface area (TPSA) is 58.6 Å². The van der Waals surface area contributed by atoms with Crippen molar-refractivity contribution in [3.63, 3.8) is 0 Å². The molecule has 7 heteroatoms. The van der Waals surface area contributed by atoms with Crippen molar-refractivity contribution in [3.05, 3.63) is 64.6 Å². The number of thioether (sulfide) groups is 1. The minimum Gasteiger partial charge on any atom is -0.497 e. The van der Waals surface area contributed by atoms with Crippen molar-refractivity contribution in [1.29, 1.82) is 0 Å². The number of aryl methyl sites for hydroxylation is 1. The lowest BCUT2D eigenvalue weighted by molar-refractivity contribution is -0.122. The summed E-state index contributed by atoms with van der Waals surface area (Å²) in [6.45, 7) is 2.26. The molecule has 0 spiro atoms. The van der Waals surface area contributed by atoms with Gasteiger partial charge in [-0.05, 0) is 30.7 Å². The van der Waals surface area contributed by atoms with Crippen LogP contribution < -0.4 is 10.1 Å². The molecule has 1 fully saturated rings. The maximum absolute atomic E-state index is 12.6. The molecule has 2 aromatic carbocycles. The summed E-state index contributed by atoms with van der Waals surface area (Å²) in [6, 6.07) is 15.0. The molecule has 144 valence electrons. The number of hydrogen-bond acceptors (Lipinski definition) is 5. The number of anilines is 1. The third kappa shape index (κ3) is 4.99. The first-order valence-electron chi connectivity index (χ1n) is 8.72. The third-order valence-electron chi connectivity index (χ3n) is 4.16. The van der Waals surface area contributed by atoms with E-state index in [1.165, 1.54) is 16.7 Å². The number of thiocarbonyl (C=S) groups is 1. The summed E-state index contributed by atoms with van der Waals surface area (Å²) in [4.78, 5) is 26.9. The second-order valence-electron chi connectivity index (χ2n) is 6.27. The largest absolute Gasteiger partial charge is 0.497 e. The molecule has 0 bridgehead atoms. The Balaban J connectivity index is 1.59. The standard InChI is InChI=1S/C21H20N2O3S2/c1-14-6-8-15(9-7-14)12-18-20(25)23(21(27)28-18)11-10-19(24)22-16-4-3-5-17(13-16)26-2/h3-9,12-13H,10-11H2,1-2H3,(H,22,24). The highest BCUT2D eigenvalue weighted by atomic mass is 32.2. The normalized spacial score (nSPS) is 15.2. The molecule has 1 aliphatic heterocycles. The quantitative estimate of drug-likeness (QED) is 0.568. The minimum absolute atomic E-state index is 0.154. The fraction of sp³-hybridized carbons (Fsp3) is 0.190. The number of benzene rings is 2. The first-order chi connectivity index (χ1) is 13.5. The number of ether oxygens (including phenoxy) is 1. The molecule has 1 saturated heterocycles. The number of carbonyl (C=O) groups excluding carboxylic acids is 2. The van der Waals surface area contributed by atoms with Crippen LogP contribution in [0.3, 0.4) is 0 Å². The van der Waals surface area contributed by atoms with E-state index in [9.17, 15) is 9.59 Å². The van der Waals surface area contributed by atoms with E-state index in [0.29, 0.717) is 20.7 Å². The molecule has 28 heavy (non-hydrogen) atoms. The molecular formula is C21H20N2O3S2. The molecule has 2 aromatic rings. The molecule has 0 saturated carbocycles. The maximum Gasteiger partial charge on any atom is 0.266 e. The average molecular weight is 413 g/mol. The van der Waals surface area contributed by atoms with Crippen LogP contribution in [0.25, 0.3) is 6.08 Å². The molecule has 5 nitrogen and oxygen atoms in total. The third-order valence-corrected chi connectivity index (χ3v) is 5.54. The van der Waals surface area contributed by atoms with Crippen molar-refractivity contribution in [3.8, 4) is 5.75 Å². The van der Waals surface area contributed by atoms with Crippen LogP contribution >= 0.6 is 24.0 Å². The lowest BCUT2D eigenvalue weighted by Crippen LogP contribution is -2.31. The van der Waals surface area contributed by atoms with Crippen LogP contribution in [0.2, 0.25) is 0 Å². The van der Waals surface area contributed by atoms with Gasteiger partial charge in [0.05, 0.1) is 12.0 Å². The molecule has 0 atom stereocenters. The predicted molar refractivity (Wildman–Crippen MR) is 117 cm³/mol. The molecule has 3 rings (SSSR count). The predicted octanol–water partition coefficient (Wildman–Crippen LogP) is 4.23. The summed E-state index contributed by atoms with van der Waals surface area (Å²) < 4.78 is 5.61. The molecule has 1 aliphatic rings. The number of hydrogen-bond donors (Lipinski definition) is 1. The minimum atomic E-state index is -0.190. The first-order valence-corrected chi connectivity index (χ1v) is 9.94. The lowest BCUT2D eigenvalue weighted by atomic mass is 10.1. The van der Waals surface area contributed by atoms with E-state index in [1.807, 2.05) is 37.3 Å². The van der Waals surface area contributed by atoms with Crippen molar-refractivity contribution < 1.29 is 14.3 Å². The summed E-state index contributed by atoms with van der Waals surface area (Å²) in [6.07, 6.45) is 1.98. The van der Waals surface area contributed by atoms with Crippen molar-refractivity contribution in [2.24, 2.45) is 0 Å². The van der Waals surface area contributed by atoms with E-state index in [2.05, 4.69) is 5.32 Å². The zero-order valence-electron chi connectivity index (χ0n) is 15.6. The zero-order chi connectivity index (χ0) is 20.1. The summed E-state index contributed by atoms with van der Waals surface area (Å²) in [5, 5.41) is 2.80. The fourth-order valence-corrected chi connectivity index (χ4v) is 3.95. The summed E-state index contributed by atoms with van der Waals surface area (Å²) >= 11 is 6.59. The summed E-state index contributed by atoms with van der Waals surface area (Å²) in [5.74, 6) is 0.311. The van der Waals surface area contributed by atoms with Gasteiger partial charge in [0.25, 0.3) is 5.91 Å². The van der Waals surface area contributed by atoms with Gasteiger partial charge in [-0.15, -0.1) is 0 Å². The van der Waals surface area contributed by atoms with Crippen molar-refractivity contribution in [1.82, 2.24) is 4.90 Å². The van der Waals surface area contributed by atoms with Gasteiger partial charge in [0.2, 0.25) is 5.91 Å². The second-order valence-corrected chi connectivity index (χ2v) is 7.95. The van der Waals surface area contributed by atoms with E-state index >= 15 is 0 Å². The molecular weight excluding hydrogens is 392 g/mol. The Morgan fingerprint density at radius 2 is 2.00 bits per heavy atom. The Hall–Kier alpha value is -2.64. The van der Waals surface area contributed by atoms with Crippen LogP contribution in [0.5, 0.6) is 5.75 Å². The van der Waals surface area contributed by atoms with E-state index < -0.39 is 0 Å². The zero-order valence-corrected chi connectivity index (χ0v) is 17.2. The van der Waals surface area contributed by atoms with Gasteiger partial charge in [-0.25, -0.2) is 0 Å². The molecule has 0 radical (unpaired) electrons. The molecule has 2 amide bonds. The van der Waals surface area contributed by atoms with Crippen molar-refractivity contribution in [2.45, 2.75) is 13.3 Å². The van der Waals surface area contributed by atoms with E-state index in [0.717, 1.165) is 11.1 Å². The van der Waals surface area contributed by atoms with Gasteiger partial charge in [-0.2, -0.15) is 0 Å². The van der Waals surface area contributed by atoms with Crippen LogP contribution in [0.4, 0.5) is 5.69 Å². The summed E-state index contributed by atoms with van der Waals surface area (Å²) in [7, 11) is 1.57. The summed E-state index contributed by atoms with van der Waals surface area (Å²) in [5.41, 5.74) is 2.75. The van der Waals surface area contributed by atoms with Gasteiger partial charge in [-0.1, -0.05) is 59.9 Å². The van der Waals surface area contributed by atoms with E-state index in [-0.39, 0.29) is 24.8 Å². The number of amides is 2. The van der Waals surface area contributed by atoms with Crippen LogP contribution in [0, 0.1) is 6.92 Å². The SMILES string of the molecule is COc1cccc(NC(=O)CCN2C(=O)C(=Cc3ccc(C)cc3)SC2=S)c1. The molecule has 1 heterocycles. The smallest absolute Gasteiger partial charge is 0.266 e. The molecule has 0 aromatic heterocycles. The Labute approximate surface area is 173 Å². The molecule has 0 aliphatic carbocycles. The average Bonchev–Trinajstić information content (AvgIpc) is 2.95. The van der Waals surface area contributed by atoms with Crippen molar-refractivity contribution >= 4 is 51.9 Å². The number of nitrogens with one attached hydrogen (secondary N) is 1. The highest BCUT2D eigenvalue weighted by molar-refractivity contribution is 8.26. The van der Waals surface area contributed by atoms with Gasteiger partial charge in [0.1, 0.15) is 10.1 Å². The molecule has 0 unspecified atom stereocenters. The van der Waals surface area contributed by atoms with Gasteiger partial charge in [0, 0.05) is 24.7 Å². The van der Waals surface area contributed by atoms with Crippen LogP contribution in [-0.2, 0) is 9.59 Å². The Kier molecular flexibility index (Phi) is 6.49. The number of rotatable bonds is 6. The van der Waals surface area contributed by atoms with Crippen molar-refractivity contribution in [2.75, 3.05) is 19.0 Å². The first kappa shape index (κ1) is 20.1. The Bertz CT molecular complexity index is 939. The van der Waals surface area contributed by atoms with Crippen LogP contribution in [0.15, 0.2) is 53.4 Å². The highest BCUT2D eigenvalue weighted by Gasteiger charge is 2.32. The fourth-order valence-electron chi connectivity index (χ4n) is 2.64. The number of nitrogens with zero attached hydrogens (tertiary/aromatic N) is 1. The maximum atomic E-state index is 12.6. The number of methoxy groups -OCH3 is 1. The van der Waals surface area contributed by atoms with Gasteiger partial charge in [-0.3, -0.25) is 14.5 Å². The second kappa shape index (κ2) is 9.03. The monoisotopic (exact) mass is 412 g/mol. The Morgan fingerprint density at radius 1 is 1.25 bits per heavy atom.